The molecule has 28 heavy (non-hydrogen) atoms. The summed E-state index contributed by atoms with van der Waals surface area (Å²) in [6.07, 6.45) is 4.50. The second-order valence-corrected chi connectivity index (χ2v) is 7.60. The summed E-state index contributed by atoms with van der Waals surface area (Å²) in [5, 5.41) is 5.25. The van der Waals surface area contributed by atoms with Gasteiger partial charge < -0.3 is 15.4 Å². The molecule has 0 unspecified atom stereocenters. The minimum Gasteiger partial charge on any atom is -0.339 e. The molecular weight excluding hydrogens is 405 g/mol. The van der Waals surface area contributed by atoms with E-state index in [4.69, 9.17) is 11.6 Å². The highest BCUT2D eigenvalue weighted by Gasteiger charge is 2.22. The molecule has 1 heterocycles. The Morgan fingerprint density at radius 3 is 2.68 bits per heavy atom. The Balaban J connectivity index is 2.00. The number of nitrogens with one attached hydrogen (secondary N) is 2. The minimum absolute atomic E-state index is 0.104. The number of carbonyl (C=O) groups excluding carboxylic acids is 3. The summed E-state index contributed by atoms with van der Waals surface area (Å²) in [6, 6.07) is 3.08. The zero-order chi connectivity index (χ0) is 20.5. The number of ketones is 1. The van der Waals surface area contributed by atoms with E-state index in [1.807, 2.05) is 0 Å². The Kier molecular flexibility index (Phi) is 8.53. The Labute approximate surface area is 171 Å². The van der Waals surface area contributed by atoms with Crippen molar-refractivity contribution in [3.8, 4) is 0 Å². The van der Waals surface area contributed by atoms with Crippen LogP contribution in [0.5, 0.6) is 0 Å². The number of rotatable bonds is 10. The fourth-order valence-corrected chi connectivity index (χ4v) is 3.23. The number of amides is 2. The first-order valence-electron chi connectivity index (χ1n) is 8.81. The summed E-state index contributed by atoms with van der Waals surface area (Å²) >= 11 is 6.92. The lowest BCUT2D eigenvalue weighted by atomic mass is 10.1. The molecule has 1 aromatic heterocycles. The second kappa shape index (κ2) is 10.9. The van der Waals surface area contributed by atoms with E-state index >= 15 is 0 Å². The quantitative estimate of drug-likeness (QED) is 0.558. The van der Waals surface area contributed by atoms with E-state index in [2.05, 4.69) is 15.6 Å². The fourth-order valence-electron chi connectivity index (χ4n) is 2.53. The first-order chi connectivity index (χ1) is 13.4. The van der Waals surface area contributed by atoms with Crippen LogP contribution in [0.4, 0.5) is 10.1 Å². The average Bonchev–Trinajstić information content (AvgIpc) is 3.18. The van der Waals surface area contributed by atoms with Crippen molar-refractivity contribution in [3.05, 3.63) is 45.6 Å². The number of hydrogen-bond acceptors (Lipinski definition) is 5. The van der Waals surface area contributed by atoms with Crippen molar-refractivity contribution in [2.45, 2.75) is 45.1 Å². The van der Waals surface area contributed by atoms with Crippen LogP contribution in [-0.4, -0.2) is 28.6 Å². The number of hydrogen-bond donors (Lipinski definition) is 2. The van der Waals surface area contributed by atoms with E-state index in [-0.39, 0.29) is 16.7 Å². The van der Waals surface area contributed by atoms with Crippen LogP contribution < -0.4 is 10.6 Å². The standard InChI is InChI=1S/C19H21ClFN3O3S/c1-12(25)5-3-2-4-6-16(24-19(27)17-10-22-11-28-17)18(26)23-13-7-8-15(21)14(20)9-13/h7-11,16H,2-6H2,1H3,(H,23,26)(H,24,27)/t16-/m0/s1. The molecule has 1 atom stereocenters. The molecule has 0 aliphatic rings. The maximum Gasteiger partial charge on any atom is 0.263 e. The molecule has 0 radical (unpaired) electrons. The Bertz CT molecular complexity index is 830. The average molecular weight is 426 g/mol. The molecule has 2 aromatic rings. The van der Waals surface area contributed by atoms with Crippen molar-refractivity contribution < 1.29 is 18.8 Å². The lowest BCUT2D eigenvalue weighted by molar-refractivity contribution is -0.118. The van der Waals surface area contributed by atoms with Crippen molar-refractivity contribution in [1.29, 1.82) is 0 Å². The van der Waals surface area contributed by atoms with E-state index in [1.54, 1.807) is 6.92 Å². The largest absolute Gasteiger partial charge is 0.339 e. The third-order valence-corrected chi connectivity index (χ3v) is 5.05. The highest BCUT2D eigenvalue weighted by molar-refractivity contribution is 7.11. The summed E-state index contributed by atoms with van der Waals surface area (Å²) in [5.41, 5.74) is 1.87. The Hall–Kier alpha value is -2.32. The van der Waals surface area contributed by atoms with Gasteiger partial charge >= 0.3 is 0 Å². The van der Waals surface area contributed by atoms with E-state index in [1.165, 1.54) is 35.2 Å². The molecule has 0 aliphatic carbocycles. The number of Topliss-reactive ketones (excluding diaryl/α,β-unsaturated/α-hetero) is 1. The van der Waals surface area contributed by atoms with Gasteiger partial charge in [-0.15, -0.1) is 11.3 Å². The van der Waals surface area contributed by atoms with Crippen LogP contribution in [-0.2, 0) is 9.59 Å². The number of unbranched alkanes of at least 4 members (excludes halogenated alkanes) is 2. The topological polar surface area (TPSA) is 88.2 Å². The van der Waals surface area contributed by atoms with Crippen molar-refractivity contribution in [2.24, 2.45) is 0 Å². The molecule has 150 valence electrons. The summed E-state index contributed by atoms with van der Waals surface area (Å²) in [5.74, 6) is -1.27. The van der Waals surface area contributed by atoms with Crippen LogP contribution in [0.3, 0.4) is 0 Å². The summed E-state index contributed by atoms with van der Waals surface area (Å²) in [6.45, 7) is 1.54. The van der Waals surface area contributed by atoms with E-state index in [9.17, 15) is 18.8 Å². The third-order valence-electron chi connectivity index (χ3n) is 3.99. The SMILES string of the molecule is CC(=O)CCCCC[C@H](NC(=O)c1cncs1)C(=O)Nc1ccc(F)c(Cl)c1. The maximum atomic E-state index is 13.3. The van der Waals surface area contributed by atoms with E-state index in [0.717, 1.165) is 18.9 Å². The van der Waals surface area contributed by atoms with Gasteiger partial charge in [-0.2, -0.15) is 0 Å². The van der Waals surface area contributed by atoms with Gasteiger partial charge in [0.05, 0.1) is 16.7 Å². The molecule has 2 N–H and O–H groups in total. The number of thiazole rings is 1. The third kappa shape index (κ3) is 7.01. The number of carbonyl (C=O) groups is 3. The van der Waals surface area contributed by atoms with Gasteiger partial charge in [0.2, 0.25) is 5.91 Å². The lowest BCUT2D eigenvalue weighted by Crippen LogP contribution is -2.43. The second-order valence-electron chi connectivity index (χ2n) is 6.31. The summed E-state index contributed by atoms with van der Waals surface area (Å²) in [7, 11) is 0. The number of anilines is 1. The van der Waals surface area contributed by atoms with Crippen LogP contribution in [0.25, 0.3) is 0 Å². The predicted molar refractivity (Wildman–Crippen MR) is 107 cm³/mol. The molecule has 0 spiro atoms. The van der Waals surface area contributed by atoms with Crippen molar-refractivity contribution in [3.63, 3.8) is 0 Å². The molecule has 0 saturated heterocycles. The van der Waals surface area contributed by atoms with Crippen LogP contribution in [0, 0.1) is 5.82 Å². The van der Waals surface area contributed by atoms with Gasteiger partial charge in [0.1, 0.15) is 22.5 Å². The van der Waals surface area contributed by atoms with Gasteiger partial charge in [-0.3, -0.25) is 14.6 Å². The van der Waals surface area contributed by atoms with Gasteiger partial charge in [-0.05, 0) is 38.0 Å². The number of nitrogens with zero attached hydrogens (tertiary/aromatic N) is 1. The monoisotopic (exact) mass is 425 g/mol. The molecule has 2 amide bonds. The minimum atomic E-state index is -0.782. The molecule has 0 bridgehead atoms. The van der Waals surface area contributed by atoms with Crippen LogP contribution in [0.2, 0.25) is 5.02 Å². The van der Waals surface area contributed by atoms with Crippen LogP contribution >= 0.6 is 22.9 Å². The zero-order valence-electron chi connectivity index (χ0n) is 15.3. The first kappa shape index (κ1) is 22.0. The van der Waals surface area contributed by atoms with E-state index < -0.39 is 17.8 Å². The summed E-state index contributed by atoms with van der Waals surface area (Å²) < 4.78 is 13.3. The molecule has 0 fully saturated rings. The predicted octanol–water partition coefficient (Wildman–Crippen LogP) is 4.21. The molecular formula is C19H21ClFN3O3S. The smallest absolute Gasteiger partial charge is 0.263 e. The molecule has 0 saturated carbocycles. The van der Waals surface area contributed by atoms with E-state index in [0.29, 0.717) is 29.8 Å². The summed E-state index contributed by atoms with van der Waals surface area (Å²) in [4.78, 5) is 40.2. The molecule has 2 rings (SSSR count). The zero-order valence-corrected chi connectivity index (χ0v) is 16.9. The molecule has 9 heteroatoms. The number of aromatic nitrogens is 1. The van der Waals surface area contributed by atoms with Crippen LogP contribution in [0.1, 0.15) is 48.7 Å². The Morgan fingerprint density at radius 2 is 2.04 bits per heavy atom. The Morgan fingerprint density at radius 1 is 1.25 bits per heavy atom. The van der Waals surface area contributed by atoms with Crippen LogP contribution in [0.15, 0.2) is 29.9 Å². The maximum absolute atomic E-state index is 13.3. The number of benzene rings is 1. The normalized spacial score (nSPS) is 11.7. The van der Waals surface area contributed by atoms with Crippen molar-refractivity contribution in [2.75, 3.05) is 5.32 Å². The van der Waals surface area contributed by atoms with Crippen molar-refractivity contribution >= 4 is 46.2 Å². The fraction of sp³-hybridized carbons (Fsp3) is 0.368. The van der Waals surface area contributed by atoms with Gasteiger partial charge in [0, 0.05) is 12.1 Å². The molecule has 6 nitrogen and oxygen atoms in total. The van der Waals surface area contributed by atoms with Gasteiger partial charge in [0.15, 0.2) is 0 Å². The molecule has 0 aliphatic heterocycles. The molecule has 1 aromatic carbocycles. The first-order valence-corrected chi connectivity index (χ1v) is 10.1. The van der Waals surface area contributed by atoms with Crippen molar-refractivity contribution in [1.82, 2.24) is 10.3 Å². The van der Waals surface area contributed by atoms with Gasteiger partial charge in [-0.25, -0.2) is 4.39 Å². The van der Waals surface area contributed by atoms with Gasteiger partial charge in [-0.1, -0.05) is 24.4 Å². The highest BCUT2D eigenvalue weighted by Crippen LogP contribution is 2.20. The highest BCUT2D eigenvalue weighted by atomic mass is 35.5. The van der Waals surface area contributed by atoms with Gasteiger partial charge in [0.25, 0.3) is 5.91 Å². The lowest BCUT2D eigenvalue weighted by Gasteiger charge is -2.18. The number of halogens is 2.